The lowest BCUT2D eigenvalue weighted by molar-refractivity contribution is -0.147. The fourth-order valence-electron chi connectivity index (χ4n) is 1.77. The van der Waals surface area contributed by atoms with E-state index in [0.717, 1.165) is 21.3 Å². The Morgan fingerprint density at radius 2 is 2.33 bits per heavy atom. The molecule has 15 heavy (non-hydrogen) atoms. The number of carbonyl (C=O) groups excluding carboxylic acids is 1. The maximum absolute atomic E-state index is 11.3. The van der Waals surface area contributed by atoms with Gasteiger partial charge in [-0.05, 0) is 30.2 Å². The summed E-state index contributed by atoms with van der Waals surface area (Å²) in [5.74, 6) is 0.496. The lowest BCUT2D eigenvalue weighted by atomic mass is 10.1. The van der Waals surface area contributed by atoms with Crippen LogP contribution in [0.1, 0.15) is 11.1 Å². The van der Waals surface area contributed by atoms with Gasteiger partial charge in [0.2, 0.25) is 0 Å². The van der Waals surface area contributed by atoms with E-state index in [-0.39, 0.29) is 5.97 Å². The average molecular weight is 271 g/mol. The van der Waals surface area contributed by atoms with Crippen LogP contribution in [0.5, 0.6) is 5.75 Å². The standard InChI is InChI=1S/C11H11BrO3/c1-6-3-8(12)4-7-5-9(11(13)14-2)15-10(6)7/h3-4,9H,5H2,1-2H3. The van der Waals surface area contributed by atoms with Crippen molar-refractivity contribution in [3.8, 4) is 5.75 Å². The molecule has 0 spiro atoms. The first-order chi connectivity index (χ1) is 7.11. The van der Waals surface area contributed by atoms with Gasteiger partial charge in [0.15, 0.2) is 6.10 Å². The molecule has 0 aromatic heterocycles. The first-order valence-corrected chi connectivity index (χ1v) is 5.44. The molecule has 0 saturated heterocycles. The summed E-state index contributed by atoms with van der Waals surface area (Å²) in [6.45, 7) is 1.96. The van der Waals surface area contributed by atoms with E-state index in [9.17, 15) is 4.79 Å². The minimum atomic E-state index is -0.488. The molecule has 0 aliphatic carbocycles. The zero-order valence-electron chi connectivity index (χ0n) is 8.54. The van der Waals surface area contributed by atoms with Crippen LogP contribution < -0.4 is 4.74 Å². The van der Waals surface area contributed by atoms with Crippen LogP contribution in [0.3, 0.4) is 0 Å². The van der Waals surface area contributed by atoms with Crippen LogP contribution in [0.4, 0.5) is 0 Å². The highest BCUT2D eigenvalue weighted by Gasteiger charge is 2.31. The van der Waals surface area contributed by atoms with E-state index in [0.29, 0.717) is 6.42 Å². The number of methoxy groups -OCH3 is 1. The number of ether oxygens (including phenoxy) is 2. The van der Waals surface area contributed by atoms with Gasteiger partial charge in [-0.15, -0.1) is 0 Å². The van der Waals surface area contributed by atoms with Crippen molar-refractivity contribution in [3.05, 3.63) is 27.7 Å². The molecule has 3 nitrogen and oxygen atoms in total. The summed E-state index contributed by atoms with van der Waals surface area (Å²) < 4.78 is 11.2. The number of rotatable bonds is 1. The van der Waals surface area contributed by atoms with E-state index in [1.807, 2.05) is 19.1 Å². The summed E-state index contributed by atoms with van der Waals surface area (Å²) in [6, 6.07) is 3.95. The molecule has 1 aliphatic rings. The number of fused-ring (bicyclic) bond motifs is 1. The van der Waals surface area contributed by atoms with E-state index < -0.39 is 6.10 Å². The van der Waals surface area contributed by atoms with Crippen molar-refractivity contribution in [3.63, 3.8) is 0 Å². The zero-order valence-corrected chi connectivity index (χ0v) is 10.1. The van der Waals surface area contributed by atoms with Gasteiger partial charge in [0.05, 0.1) is 7.11 Å². The number of halogens is 1. The van der Waals surface area contributed by atoms with E-state index >= 15 is 0 Å². The Hall–Kier alpha value is -1.03. The summed E-state index contributed by atoms with van der Waals surface area (Å²) in [4.78, 5) is 11.3. The van der Waals surface area contributed by atoms with E-state index in [2.05, 4.69) is 20.7 Å². The maximum Gasteiger partial charge on any atom is 0.347 e. The lowest BCUT2D eigenvalue weighted by Gasteiger charge is -2.08. The molecule has 1 heterocycles. The minimum Gasteiger partial charge on any atom is -0.478 e. The quantitative estimate of drug-likeness (QED) is 0.735. The first-order valence-electron chi connectivity index (χ1n) is 4.65. The molecule has 1 aromatic rings. The molecule has 0 radical (unpaired) electrons. The van der Waals surface area contributed by atoms with Gasteiger partial charge in [0.1, 0.15) is 5.75 Å². The van der Waals surface area contributed by atoms with E-state index in [4.69, 9.17) is 4.74 Å². The molecule has 2 rings (SSSR count). The fraction of sp³-hybridized carbons (Fsp3) is 0.364. The summed E-state index contributed by atoms with van der Waals surface area (Å²) in [7, 11) is 1.37. The van der Waals surface area contributed by atoms with Gasteiger partial charge in [-0.3, -0.25) is 0 Å². The van der Waals surface area contributed by atoms with Gasteiger partial charge in [-0.25, -0.2) is 4.79 Å². The SMILES string of the molecule is COC(=O)C1Cc2cc(Br)cc(C)c2O1. The molecule has 4 heteroatoms. The van der Waals surface area contributed by atoms with Crippen LogP contribution >= 0.6 is 15.9 Å². The van der Waals surface area contributed by atoms with Crippen LogP contribution in [-0.4, -0.2) is 19.2 Å². The molecule has 0 saturated carbocycles. The number of carbonyl (C=O) groups is 1. The fourth-order valence-corrected chi connectivity index (χ4v) is 2.39. The molecule has 1 atom stereocenters. The number of hydrogen-bond donors (Lipinski definition) is 0. The maximum atomic E-state index is 11.3. The van der Waals surface area contributed by atoms with Gasteiger partial charge < -0.3 is 9.47 Å². The van der Waals surface area contributed by atoms with Crippen molar-refractivity contribution in [2.24, 2.45) is 0 Å². The van der Waals surface area contributed by atoms with Crippen molar-refractivity contribution in [1.29, 1.82) is 0 Å². The minimum absolute atomic E-state index is 0.318. The van der Waals surface area contributed by atoms with Crippen LogP contribution in [0.25, 0.3) is 0 Å². The summed E-state index contributed by atoms with van der Waals surface area (Å²) in [6.07, 6.45) is 0.0976. The monoisotopic (exact) mass is 270 g/mol. The summed E-state index contributed by atoms with van der Waals surface area (Å²) >= 11 is 3.42. The second-order valence-electron chi connectivity index (χ2n) is 3.54. The van der Waals surface area contributed by atoms with Gasteiger partial charge >= 0.3 is 5.97 Å². The Balaban J connectivity index is 2.31. The molecule has 1 aromatic carbocycles. The van der Waals surface area contributed by atoms with Crippen molar-refractivity contribution in [2.45, 2.75) is 19.4 Å². The summed E-state index contributed by atoms with van der Waals surface area (Å²) in [5.41, 5.74) is 2.09. The Kier molecular flexibility index (Phi) is 2.69. The normalized spacial score (nSPS) is 18.2. The number of benzene rings is 1. The van der Waals surface area contributed by atoms with Crippen LogP contribution in [0.15, 0.2) is 16.6 Å². The Morgan fingerprint density at radius 3 is 3.00 bits per heavy atom. The number of esters is 1. The first kappa shape index (κ1) is 10.5. The van der Waals surface area contributed by atoms with Crippen molar-refractivity contribution in [1.82, 2.24) is 0 Å². The highest BCUT2D eigenvalue weighted by Crippen LogP contribution is 2.35. The Bertz CT molecular complexity index is 415. The molecular weight excluding hydrogens is 260 g/mol. The van der Waals surface area contributed by atoms with Crippen molar-refractivity contribution < 1.29 is 14.3 Å². The molecule has 1 aliphatic heterocycles. The summed E-state index contributed by atoms with van der Waals surface area (Å²) in [5, 5.41) is 0. The zero-order chi connectivity index (χ0) is 11.0. The van der Waals surface area contributed by atoms with Crippen molar-refractivity contribution in [2.75, 3.05) is 7.11 Å². The second kappa shape index (κ2) is 3.85. The lowest BCUT2D eigenvalue weighted by Crippen LogP contribution is -2.26. The smallest absolute Gasteiger partial charge is 0.347 e. The van der Waals surface area contributed by atoms with E-state index in [1.165, 1.54) is 7.11 Å². The molecule has 0 bridgehead atoms. The van der Waals surface area contributed by atoms with Gasteiger partial charge in [-0.2, -0.15) is 0 Å². The largest absolute Gasteiger partial charge is 0.478 e. The average Bonchev–Trinajstić information content (AvgIpc) is 2.60. The number of hydrogen-bond acceptors (Lipinski definition) is 3. The van der Waals surface area contributed by atoms with Crippen molar-refractivity contribution >= 4 is 21.9 Å². The molecule has 0 fully saturated rings. The highest BCUT2D eigenvalue weighted by atomic mass is 79.9. The predicted octanol–water partition coefficient (Wildman–Crippen LogP) is 2.23. The highest BCUT2D eigenvalue weighted by molar-refractivity contribution is 9.10. The molecule has 0 amide bonds. The third-order valence-corrected chi connectivity index (χ3v) is 2.90. The van der Waals surface area contributed by atoms with Crippen LogP contribution in [0.2, 0.25) is 0 Å². The molecule has 0 N–H and O–H groups in total. The third-order valence-electron chi connectivity index (χ3n) is 2.45. The second-order valence-corrected chi connectivity index (χ2v) is 4.46. The van der Waals surface area contributed by atoms with Crippen LogP contribution in [-0.2, 0) is 16.0 Å². The van der Waals surface area contributed by atoms with Gasteiger partial charge in [0.25, 0.3) is 0 Å². The predicted molar refractivity (Wildman–Crippen MR) is 59.0 cm³/mol. The van der Waals surface area contributed by atoms with Gasteiger partial charge in [-0.1, -0.05) is 15.9 Å². The topological polar surface area (TPSA) is 35.5 Å². The molecule has 80 valence electrons. The Labute approximate surface area is 96.5 Å². The number of aryl methyl sites for hydroxylation is 1. The molecule has 1 unspecified atom stereocenters. The van der Waals surface area contributed by atoms with Gasteiger partial charge in [0, 0.05) is 10.9 Å². The third kappa shape index (κ3) is 1.86. The molecular formula is C11H11BrO3. The van der Waals surface area contributed by atoms with Crippen LogP contribution in [0, 0.1) is 6.92 Å². The van der Waals surface area contributed by atoms with E-state index in [1.54, 1.807) is 0 Å². The Morgan fingerprint density at radius 1 is 1.60 bits per heavy atom.